The molecule has 0 unspecified atom stereocenters. The van der Waals surface area contributed by atoms with Gasteiger partial charge in [-0.2, -0.15) is 5.10 Å². The molecule has 16 heavy (non-hydrogen) atoms. The molecule has 0 spiro atoms. The molecule has 4 heteroatoms. The lowest BCUT2D eigenvalue weighted by Crippen LogP contribution is -2.06. The number of aromatic nitrogens is 2. The highest BCUT2D eigenvalue weighted by Gasteiger charge is 2.10. The Morgan fingerprint density at radius 3 is 2.69 bits per heavy atom. The smallest absolute Gasteiger partial charge is 0.101 e. The van der Waals surface area contributed by atoms with Gasteiger partial charge in [-0.25, -0.2) is 0 Å². The van der Waals surface area contributed by atoms with Crippen molar-refractivity contribution >= 4 is 22.6 Å². The minimum Gasteiger partial charge on any atom is -0.375 e. The SMILES string of the molecule is CC[C@@H](C)n1cc(I)c(COCC(C)C)n1. The fourth-order valence-electron chi connectivity index (χ4n) is 1.31. The van der Waals surface area contributed by atoms with Crippen LogP contribution in [0.2, 0.25) is 0 Å². The molecule has 0 aliphatic heterocycles. The van der Waals surface area contributed by atoms with Crippen molar-refractivity contribution in [3.05, 3.63) is 15.5 Å². The van der Waals surface area contributed by atoms with Crippen molar-refractivity contribution < 1.29 is 4.74 Å². The van der Waals surface area contributed by atoms with Gasteiger partial charge in [0.1, 0.15) is 5.69 Å². The van der Waals surface area contributed by atoms with Crippen LogP contribution in [-0.2, 0) is 11.3 Å². The fourth-order valence-corrected chi connectivity index (χ4v) is 1.86. The summed E-state index contributed by atoms with van der Waals surface area (Å²) in [4.78, 5) is 0. The lowest BCUT2D eigenvalue weighted by atomic mass is 10.2. The molecule has 0 radical (unpaired) electrons. The van der Waals surface area contributed by atoms with Gasteiger partial charge in [0.05, 0.1) is 10.2 Å². The van der Waals surface area contributed by atoms with Crippen LogP contribution in [0.25, 0.3) is 0 Å². The maximum Gasteiger partial charge on any atom is 0.101 e. The van der Waals surface area contributed by atoms with Crippen LogP contribution in [0.15, 0.2) is 6.20 Å². The highest BCUT2D eigenvalue weighted by atomic mass is 127. The fraction of sp³-hybridized carbons (Fsp3) is 0.750. The van der Waals surface area contributed by atoms with Crippen LogP contribution in [-0.4, -0.2) is 16.4 Å². The van der Waals surface area contributed by atoms with Gasteiger partial charge in [-0.05, 0) is 41.9 Å². The Morgan fingerprint density at radius 2 is 2.12 bits per heavy atom. The largest absolute Gasteiger partial charge is 0.375 e. The molecule has 0 saturated heterocycles. The second-order valence-corrected chi connectivity index (χ2v) is 5.73. The number of halogens is 1. The molecule has 1 aromatic heterocycles. The van der Waals surface area contributed by atoms with Crippen LogP contribution < -0.4 is 0 Å². The molecule has 1 aromatic rings. The number of rotatable bonds is 6. The Hall–Kier alpha value is -0.100. The van der Waals surface area contributed by atoms with Crippen molar-refractivity contribution in [3.63, 3.8) is 0 Å². The van der Waals surface area contributed by atoms with E-state index < -0.39 is 0 Å². The maximum atomic E-state index is 5.61. The van der Waals surface area contributed by atoms with Gasteiger partial charge < -0.3 is 4.74 Å². The Labute approximate surface area is 112 Å². The van der Waals surface area contributed by atoms with Crippen LogP contribution in [0.5, 0.6) is 0 Å². The predicted molar refractivity (Wildman–Crippen MR) is 74.4 cm³/mol. The highest BCUT2D eigenvalue weighted by molar-refractivity contribution is 14.1. The maximum absolute atomic E-state index is 5.61. The average molecular weight is 336 g/mol. The average Bonchev–Trinajstić information content (AvgIpc) is 2.59. The summed E-state index contributed by atoms with van der Waals surface area (Å²) >= 11 is 2.32. The highest BCUT2D eigenvalue weighted by Crippen LogP contribution is 2.16. The topological polar surface area (TPSA) is 27.1 Å². The van der Waals surface area contributed by atoms with E-state index >= 15 is 0 Å². The van der Waals surface area contributed by atoms with E-state index in [1.165, 1.54) is 3.57 Å². The summed E-state index contributed by atoms with van der Waals surface area (Å²) in [6, 6.07) is 0.465. The Balaban J connectivity index is 2.56. The van der Waals surface area contributed by atoms with Crippen molar-refractivity contribution in [2.75, 3.05) is 6.61 Å². The van der Waals surface area contributed by atoms with Gasteiger partial charge >= 0.3 is 0 Å². The second-order valence-electron chi connectivity index (χ2n) is 4.57. The van der Waals surface area contributed by atoms with E-state index in [4.69, 9.17) is 4.74 Å². The second kappa shape index (κ2) is 6.59. The van der Waals surface area contributed by atoms with Crippen molar-refractivity contribution in [2.24, 2.45) is 5.92 Å². The number of ether oxygens (including phenoxy) is 1. The Morgan fingerprint density at radius 1 is 1.44 bits per heavy atom. The summed E-state index contributed by atoms with van der Waals surface area (Å²) < 4.78 is 8.84. The van der Waals surface area contributed by atoms with Crippen molar-refractivity contribution in [1.29, 1.82) is 0 Å². The number of hydrogen-bond donors (Lipinski definition) is 0. The van der Waals surface area contributed by atoms with E-state index in [1.54, 1.807) is 0 Å². The molecule has 0 aromatic carbocycles. The molecular formula is C12H21IN2O. The van der Waals surface area contributed by atoms with Gasteiger partial charge in [-0.1, -0.05) is 20.8 Å². The summed E-state index contributed by atoms with van der Waals surface area (Å²) in [7, 11) is 0. The van der Waals surface area contributed by atoms with Crippen LogP contribution in [0.1, 0.15) is 45.9 Å². The minimum absolute atomic E-state index is 0.465. The first-order valence-corrected chi connectivity index (χ1v) is 6.93. The van der Waals surface area contributed by atoms with Gasteiger partial charge in [0.15, 0.2) is 0 Å². The van der Waals surface area contributed by atoms with Gasteiger partial charge in [-0.3, -0.25) is 4.68 Å². The summed E-state index contributed by atoms with van der Waals surface area (Å²) in [6.45, 7) is 10.1. The first-order chi connectivity index (χ1) is 7.54. The minimum atomic E-state index is 0.465. The van der Waals surface area contributed by atoms with Gasteiger partial charge in [0, 0.05) is 18.8 Å². The van der Waals surface area contributed by atoms with Gasteiger partial charge in [0.2, 0.25) is 0 Å². The van der Waals surface area contributed by atoms with Gasteiger partial charge in [0.25, 0.3) is 0 Å². The molecule has 0 aliphatic rings. The third kappa shape index (κ3) is 4.05. The third-order valence-corrected chi connectivity index (χ3v) is 3.39. The van der Waals surface area contributed by atoms with Crippen LogP contribution in [0, 0.1) is 9.49 Å². The van der Waals surface area contributed by atoms with Crippen LogP contribution in [0.4, 0.5) is 0 Å². The molecule has 1 rings (SSSR count). The first kappa shape index (κ1) is 14.0. The molecule has 92 valence electrons. The van der Waals surface area contributed by atoms with E-state index in [2.05, 4.69) is 61.6 Å². The molecule has 3 nitrogen and oxygen atoms in total. The first-order valence-electron chi connectivity index (χ1n) is 5.85. The molecule has 1 atom stereocenters. The summed E-state index contributed by atoms with van der Waals surface area (Å²) in [5.74, 6) is 0.578. The molecule has 0 N–H and O–H groups in total. The zero-order valence-corrected chi connectivity index (χ0v) is 12.7. The zero-order chi connectivity index (χ0) is 12.1. The van der Waals surface area contributed by atoms with Gasteiger partial charge in [-0.15, -0.1) is 0 Å². The molecule has 0 saturated carbocycles. The van der Waals surface area contributed by atoms with Crippen LogP contribution >= 0.6 is 22.6 Å². The lowest BCUT2D eigenvalue weighted by molar-refractivity contribution is 0.0938. The molecule has 0 fully saturated rings. The zero-order valence-electron chi connectivity index (χ0n) is 10.5. The quantitative estimate of drug-likeness (QED) is 0.742. The van der Waals surface area contributed by atoms with E-state index in [9.17, 15) is 0 Å². The van der Waals surface area contributed by atoms with Crippen molar-refractivity contribution in [2.45, 2.75) is 46.8 Å². The monoisotopic (exact) mass is 336 g/mol. The number of hydrogen-bond acceptors (Lipinski definition) is 2. The normalized spacial score (nSPS) is 13.4. The summed E-state index contributed by atoms with van der Waals surface area (Å²) in [6.07, 6.45) is 3.20. The van der Waals surface area contributed by atoms with Crippen molar-refractivity contribution in [3.8, 4) is 0 Å². The van der Waals surface area contributed by atoms with Crippen molar-refractivity contribution in [1.82, 2.24) is 9.78 Å². The predicted octanol–water partition coefficient (Wildman–Crippen LogP) is 3.63. The Kier molecular flexibility index (Phi) is 5.75. The lowest BCUT2D eigenvalue weighted by Gasteiger charge is -2.08. The van der Waals surface area contributed by atoms with E-state index in [0.717, 1.165) is 18.7 Å². The van der Waals surface area contributed by atoms with E-state index in [1.807, 2.05) is 4.68 Å². The third-order valence-electron chi connectivity index (χ3n) is 2.49. The van der Waals surface area contributed by atoms with E-state index in [0.29, 0.717) is 18.6 Å². The molecule has 1 heterocycles. The van der Waals surface area contributed by atoms with Crippen LogP contribution in [0.3, 0.4) is 0 Å². The summed E-state index contributed by atoms with van der Waals surface area (Å²) in [5, 5.41) is 4.56. The molecule has 0 aliphatic carbocycles. The standard InChI is InChI=1S/C12H21IN2O/c1-5-10(4)15-6-11(13)12(14-15)8-16-7-9(2)3/h6,9-10H,5,7-8H2,1-4H3/t10-/m1/s1. The Bertz CT molecular complexity index is 323. The number of nitrogens with zero attached hydrogens (tertiary/aromatic N) is 2. The molecule has 0 amide bonds. The van der Waals surface area contributed by atoms with E-state index in [-0.39, 0.29) is 0 Å². The molecule has 0 bridgehead atoms. The summed E-state index contributed by atoms with van der Waals surface area (Å²) in [5.41, 5.74) is 1.06. The molecular weight excluding hydrogens is 315 g/mol.